The third-order valence-corrected chi connectivity index (χ3v) is 5.68. The van der Waals surface area contributed by atoms with Crippen molar-refractivity contribution in [1.29, 1.82) is 0 Å². The Morgan fingerprint density at radius 3 is 2.68 bits per heavy atom. The Morgan fingerprint density at radius 1 is 1.26 bits per heavy atom. The van der Waals surface area contributed by atoms with Gasteiger partial charge in [0.2, 0.25) is 11.8 Å². The summed E-state index contributed by atoms with van der Waals surface area (Å²) in [5, 5.41) is 9.90. The summed E-state index contributed by atoms with van der Waals surface area (Å²) >= 11 is 1.51. The van der Waals surface area contributed by atoms with Crippen molar-refractivity contribution in [3.05, 3.63) is 66.5 Å². The molecule has 0 aromatic carbocycles. The molecule has 0 bridgehead atoms. The van der Waals surface area contributed by atoms with E-state index < -0.39 is 6.04 Å². The van der Waals surface area contributed by atoms with Gasteiger partial charge in [0.1, 0.15) is 23.5 Å². The highest BCUT2D eigenvalue weighted by Gasteiger charge is 2.20. The molecule has 0 spiro atoms. The first kappa shape index (κ1) is 26.5. The Kier molecular flexibility index (Phi) is 10.2. The molecule has 2 rings (SSSR count). The van der Waals surface area contributed by atoms with Crippen LogP contribution >= 0.6 is 11.3 Å². The van der Waals surface area contributed by atoms with E-state index in [0.29, 0.717) is 35.7 Å². The third kappa shape index (κ3) is 7.66. The molecule has 0 radical (unpaired) electrons. The summed E-state index contributed by atoms with van der Waals surface area (Å²) in [6.45, 7) is 13.4. The summed E-state index contributed by atoms with van der Waals surface area (Å²) in [6.07, 6.45) is 10.6. The van der Waals surface area contributed by atoms with Gasteiger partial charge in [0.05, 0.1) is 4.88 Å². The zero-order valence-corrected chi connectivity index (χ0v) is 20.8. The molecule has 2 heterocycles. The first-order valence-electron chi connectivity index (χ1n) is 10.7. The molecule has 9 nitrogen and oxygen atoms in total. The van der Waals surface area contributed by atoms with Crippen molar-refractivity contribution >= 4 is 45.5 Å². The van der Waals surface area contributed by atoms with Gasteiger partial charge in [-0.25, -0.2) is 15.0 Å². The highest BCUT2D eigenvalue weighted by molar-refractivity contribution is 7.16. The minimum absolute atomic E-state index is 0. The van der Waals surface area contributed by atoms with E-state index in [1.54, 1.807) is 39.2 Å². The van der Waals surface area contributed by atoms with Gasteiger partial charge in [-0.3, -0.25) is 9.59 Å². The van der Waals surface area contributed by atoms with Crippen LogP contribution in [0, 0.1) is 6.92 Å². The van der Waals surface area contributed by atoms with Crippen LogP contribution < -0.4 is 16.0 Å². The molecule has 0 aliphatic heterocycles. The largest absolute Gasteiger partial charge is 0.368 e. The minimum Gasteiger partial charge on any atom is -0.368 e. The molecule has 2 amide bonds. The van der Waals surface area contributed by atoms with Crippen LogP contribution in [0.1, 0.15) is 28.8 Å². The molecule has 1 atom stereocenters. The topological polar surface area (TPSA) is 112 Å². The molecule has 2 aromatic rings. The van der Waals surface area contributed by atoms with Gasteiger partial charge in [0, 0.05) is 36.7 Å². The molecule has 2 aromatic heterocycles. The fourth-order valence-corrected chi connectivity index (χ4v) is 3.69. The van der Waals surface area contributed by atoms with E-state index >= 15 is 0 Å². The maximum atomic E-state index is 12.2. The van der Waals surface area contributed by atoms with Gasteiger partial charge in [-0.2, -0.15) is 0 Å². The van der Waals surface area contributed by atoms with Crippen molar-refractivity contribution in [1.82, 2.24) is 25.2 Å². The number of carbonyl (C=O) groups is 2. The van der Waals surface area contributed by atoms with E-state index in [1.165, 1.54) is 22.3 Å². The third-order valence-electron chi connectivity index (χ3n) is 4.72. The Bertz CT molecular complexity index is 1110. The fourth-order valence-electron chi connectivity index (χ4n) is 2.86. The number of likely N-dealkylation sites (N-methyl/N-ethyl adjacent to an activating group) is 1. The summed E-state index contributed by atoms with van der Waals surface area (Å²) in [5.41, 5.74) is 1.03. The summed E-state index contributed by atoms with van der Waals surface area (Å²) in [4.78, 5) is 39.5. The van der Waals surface area contributed by atoms with Gasteiger partial charge < -0.3 is 20.9 Å². The number of anilines is 3. The van der Waals surface area contributed by atoms with E-state index in [-0.39, 0.29) is 16.1 Å². The van der Waals surface area contributed by atoms with Crippen molar-refractivity contribution < 1.29 is 13.9 Å². The number of hydrogen-bond donors (Lipinski definition) is 3. The molecule has 3 N–H and O–H groups in total. The van der Waals surface area contributed by atoms with Crippen LogP contribution in [0.2, 0.25) is 0 Å². The zero-order valence-electron chi connectivity index (χ0n) is 20.0. The first-order valence-corrected chi connectivity index (χ1v) is 11.6. The van der Waals surface area contributed by atoms with Gasteiger partial charge in [0.25, 0.3) is 0 Å². The molecule has 0 saturated carbocycles. The summed E-state index contributed by atoms with van der Waals surface area (Å²) < 4.78 is 0. The molecule has 0 aliphatic rings. The Balaban J connectivity index is 0. The maximum Gasteiger partial charge on any atom is 0.246 e. The molecule has 34 heavy (non-hydrogen) atoms. The molecule has 186 valence electrons. The smallest absolute Gasteiger partial charge is 0.246 e. The van der Waals surface area contributed by atoms with E-state index in [0.717, 1.165) is 10.5 Å². The van der Waals surface area contributed by atoms with Crippen molar-refractivity contribution in [2.75, 3.05) is 30.8 Å². The molecule has 0 aliphatic carbocycles. The number of allylic oxidation sites excluding steroid dienone is 5. The van der Waals surface area contributed by atoms with E-state index in [4.69, 9.17) is 0 Å². The van der Waals surface area contributed by atoms with E-state index in [9.17, 15) is 9.59 Å². The lowest BCUT2D eigenvalue weighted by Crippen LogP contribution is -2.46. The monoisotopic (exact) mass is 487 g/mol. The SMILES string of the molecule is C=C/C=C(\C=C/C)c1cnc(Nc2cc(NCCNC(=O)[C@H](C)N(C)C(=O)C=C)nc(C)n2)s1.[HH].[HH].[HH]. The standard InChI is InChI=1S/C24H31N7O2S.3H2/c1-7-10-18(11-8-2)19-15-27-24(34-19)30-21-14-20(28-17(5)29-21)25-12-13-26-23(33)16(4)31(6)22(32)9-3;;;/h7-11,14-16H,1,3,12-13H2,2,4-6H3,(H,26,33)(H2,25,27,28,29,30);3*1H/b11-8-,18-10+;;;/t16-;;;/m0.../s1. The lowest BCUT2D eigenvalue weighted by molar-refractivity contribution is -0.134. The van der Waals surface area contributed by atoms with Gasteiger partial charge >= 0.3 is 0 Å². The summed E-state index contributed by atoms with van der Waals surface area (Å²) in [7, 11) is 1.56. The van der Waals surface area contributed by atoms with E-state index in [2.05, 4.69) is 44.1 Å². The van der Waals surface area contributed by atoms with Gasteiger partial charge in [-0.05, 0) is 32.4 Å². The Labute approximate surface area is 208 Å². The number of aryl methyl sites for hydroxylation is 1. The number of hydrogen-bond acceptors (Lipinski definition) is 8. The summed E-state index contributed by atoms with van der Waals surface area (Å²) in [5.74, 6) is 1.27. The average Bonchev–Trinajstić information content (AvgIpc) is 3.27. The maximum absolute atomic E-state index is 12.2. The highest BCUT2D eigenvalue weighted by atomic mass is 32.1. The second-order valence-corrected chi connectivity index (χ2v) is 8.28. The molecule has 0 unspecified atom stereocenters. The predicted octanol–water partition coefficient (Wildman–Crippen LogP) is 4.43. The highest BCUT2D eigenvalue weighted by Crippen LogP contribution is 2.28. The van der Waals surface area contributed by atoms with Crippen molar-refractivity contribution in [2.45, 2.75) is 26.8 Å². The molecular formula is C24H37N7O2S. The lowest BCUT2D eigenvalue weighted by atomic mass is 10.2. The van der Waals surface area contributed by atoms with Crippen LogP contribution in [-0.2, 0) is 9.59 Å². The molecule has 0 saturated heterocycles. The van der Waals surface area contributed by atoms with Gasteiger partial charge in [-0.15, -0.1) is 0 Å². The van der Waals surface area contributed by atoms with Crippen LogP contribution in [0.4, 0.5) is 16.8 Å². The van der Waals surface area contributed by atoms with Gasteiger partial charge in [0.15, 0.2) is 5.13 Å². The average molecular weight is 488 g/mol. The first-order chi connectivity index (χ1) is 16.3. The second-order valence-electron chi connectivity index (χ2n) is 7.25. The normalized spacial score (nSPS) is 12.2. The fraction of sp³-hybridized carbons (Fsp3) is 0.292. The lowest BCUT2D eigenvalue weighted by Gasteiger charge is -2.22. The van der Waals surface area contributed by atoms with Crippen LogP contribution in [0.15, 0.2) is 55.8 Å². The number of nitrogens with one attached hydrogen (secondary N) is 3. The number of rotatable bonds is 12. The number of nitrogens with zero attached hydrogens (tertiary/aromatic N) is 4. The van der Waals surface area contributed by atoms with Crippen LogP contribution in [0.5, 0.6) is 0 Å². The van der Waals surface area contributed by atoms with Crippen molar-refractivity contribution in [2.24, 2.45) is 0 Å². The number of aromatic nitrogens is 3. The number of amides is 2. The zero-order chi connectivity index (χ0) is 25.1. The molecule has 0 fully saturated rings. The van der Waals surface area contributed by atoms with Crippen molar-refractivity contribution in [3.8, 4) is 0 Å². The number of thiazole rings is 1. The number of carbonyl (C=O) groups excluding carboxylic acids is 2. The minimum atomic E-state index is -0.597. The second kappa shape index (κ2) is 13.0. The Morgan fingerprint density at radius 2 is 2.00 bits per heavy atom. The van der Waals surface area contributed by atoms with Gasteiger partial charge in [-0.1, -0.05) is 48.8 Å². The van der Waals surface area contributed by atoms with E-state index in [1.807, 2.05) is 25.2 Å². The molecule has 10 heteroatoms. The molecular weight excluding hydrogens is 450 g/mol. The predicted molar refractivity (Wildman–Crippen MR) is 145 cm³/mol. The Hall–Kier alpha value is -3.79. The summed E-state index contributed by atoms with van der Waals surface area (Å²) in [6, 6.07) is 1.18. The van der Waals surface area contributed by atoms with Crippen molar-refractivity contribution in [3.63, 3.8) is 0 Å². The quantitative estimate of drug-likeness (QED) is 0.231. The van der Waals surface area contributed by atoms with Crippen LogP contribution in [0.25, 0.3) is 5.57 Å². The van der Waals surface area contributed by atoms with Crippen LogP contribution in [-0.4, -0.2) is 57.8 Å². The van der Waals surface area contributed by atoms with Crippen LogP contribution in [0.3, 0.4) is 0 Å².